The fourth-order valence-corrected chi connectivity index (χ4v) is 1.64. The molecular formula is C12H15NO5. The van der Waals surface area contributed by atoms with Crippen molar-refractivity contribution >= 4 is 11.5 Å². The van der Waals surface area contributed by atoms with Gasteiger partial charge in [-0.05, 0) is 18.6 Å². The molecule has 0 radical (unpaired) electrons. The number of phenols is 1. The molecule has 0 unspecified atom stereocenters. The predicted octanol–water partition coefficient (Wildman–Crippen LogP) is 2.68. The summed E-state index contributed by atoms with van der Waals surface area (Å²) in [6.45, 7) is 1.93. The minimum Gasteiger partial charge on any atom is -0.504 e. The second-order valence-electron chi connectivity index (χ2n) is 3.80. The Labute approximate surface area is 104 Å². The fraction of sp³-hybridized carbons (Fsp3) is 0.417. The average molecular weight is 253 g/mol. The Morgan fingerprint density at radius 2 is 2.17 bits per heavy atom. The van der Waals surface area contributed by atoms with Gasteiger partial charge < -0.3 is 9.84 Å². The van der Waals surface area contributed by atoms with Gasteiger partial charge in [0.15, 0.2) is 11.5 Å². The van der Waals surface area contributed by atoms with Crippen molar-refractivity contribution in [2.45, 2.75) is 26.2 Å². The lowest BCUT2D eigenvalue weighted by molar-refractivity contribution is -0.386. The molecule has 6 heteroatoms. The molecule has 0 spiro atoms. The van der Waals surface area contributed by atoms with Crippen LogP contribution in [0.2, 0.25) is 0 Å². The van der Waals surface area contributed by atoms with Crippen molar-refractivity contribution in [2.24, 2.45) is 0 Å². The highest BCUT2D eigenvalue weighted by Crippen LogP contribution is 2.39. The summed E-state index contributed by atoms with van der Waals surface area (Å²) in [7, 11) is 1.21. The number of nitrogens with zero attached hydrogens (tertiary/aromatic N) is 1. The van der Waals surface area contributed by atoms with Crippen LogP contribution in [-0.4, -0.2) is 22.9 Å². The van der Waals surface area contributed by atoms with E-state index in [0.29, 0.717) is 6.42 Å². The number of rotatable bonds is 6. The highest BCUT2D eigenvalue weighted by Gasteiger charge is 2.27. The average Bonchev–Trinajstić information content (AvgIpc) is 2.35. The summed E-state index contributed by atoms with van der Waals surface area (Å²) in [4.78, 5) is 22.2. The normalized spacial score (nSPS) is 10.1. The van der Waals surface area contributed by atoms with Gasteiger partial charge in [0.2, 0.25) is 5.75 Å². The van der Waals surface area contributed by atoms with Crippen molar-refractivity contribution in [2.75, 3.05) is 7.11 Å². The third-order valence-corrected chi connectivity index (χ3v) is 2.56. The number of ketones is 1. The van der Waals surface area contributed by atoms with Crippen LogP contribution in [0.5, 0.6) is 11.5 Å². The Balaban J connectivity index is 3.27. The third-order valence-electron chi connectivity index (χ3n) is 2.56. The van der Waals surface area contributed by atoms with Gasteiger partial charge in [-0.15, -0.1) is 0 Å². The molecular weight excluding hydrogens is 238 g/mol. The van der Waals surface area contributed by atoms with E-state index in [1.807, 2.05) is 6.92 Å². The van der Waals surface area contributed by atoms with E-state index in [1.54, 1.807) is 0 Å². The summed E-state index contributed by atoms with van der Waals surface area (Å²) < 4.78 is 4.79. The van der Waals surface area contributed by atoms with Crippen molar-refractivity contribution in [3.8, 4) is 11.5 Å². The van der Waals surface area contributed by atoms with Gasteiger partial charge in [-0.3, -0.25) is 14.9 Å². The van der Waals surface area contributed by atoms with Crippen LogP contribution in [0.3, 0.4) is 0 Å². The Bertz CT molecular complexity index is 470. The smallest absolute Gasteiger partial charge is 0.325 e. The molecule has 0 saturated carbocycles. The van der Waals surface area contributed by atoms with Gasteiger partial charge in [-0.1, -0.05) is 13.3 Å². The first-order valence-corrected chi connectivity index (χ1v) is 5.60. The van der Waals surface area contributed by atoms with Gasteiger partial charge in [-0.2, -0.15) is 0 Å². The first kappa shape index (κ1) is 14.0. The van der Waals surface area contributed by atoms with Crippen molar-refractivity contribution in [3.63, 3.8) is 0 Å². The number of Topliss-reactive ketones (excluding diaryl/α,β-unsaturated/α-hetero) is 1. The summed E-state index contributed by atoms with van der Waals surface area (Å²) in [6.07, 6.45) is 1.74. The zero-order valence-corrected chi connectivity index (χ0v) is 10.3. The fourth-order valence-electron chi connectivity index (χ4n) is 1.64. The number of nitro benzene ring substituents is 1. The summed E-state index contributed by atoms with van der Waals surface area (Å²) >= 11 is 0. The van der Waals surface area contributed by atoms with E-state index in [1.165, 1.54) is 19.2 Å². The summed E-state index contributed by atoms with van der Waals surface area (Å²) in [5, 5.41) is 20.5. The topological polar surface area (TPSA) is 89.7 Å². The highest BCUT2D eigenvalue weighted by molar-refractivity contribution is 6.01. The van der Waals surface area contributed by atoms with Crippen molar-refractivity contribution in [3.05, 3.63) is 27.8 Å². The minimum absolute atomic E-state index is 0.0249. The number of hydrogen-bond donors (Lipinski definition) is 1. The molecule has 98 valence electrons. The van der Waals surface area contributed by atoms with Crippen LogP contribution in [0.1, 0.15) is 36.5 Å². The number of hydrogen-bond acceptors (Lipinski definition) is 5. The van der Waals surface area contributed by atoms with Gasteiger partial charge in [0.1, 0.15) is 0 Å². The maximum Gasteiger partial charge on any atom is 0.325 e. The molecule has 0 atom stereocenters. The predicted molar refractivity (Wildman–Crippen MR) is 65.2 cm³/mol. The Morgan fingerprint density at radius 3 is 2.67 bits per heavy atom. The Hall–Kier alpha value is -2.11. The number of carbonyl (C=O) groups excluding carboxylic acids is 1. The zero-order chi connectivity index (χ0) is 13.7. The van der Waals surface area contributed by atoms with Gasteiger partial charge in [0.05, 0.1) is 17.6 Å². The Morgan fingerprint density at radius 1 is 1.50 bits per heavy atom. The summed E-state index contributed by atoms with van der Waals surface area (Å²) in [6, 6.07) is 2.49. The van der Waals surface area contributed by atoms with Gasteiger partial charge >= 0.3 is 5.69 Å². The standard InChI is InChI=1S/C12H15NO5/c1-3-4-5-9(14)8-6-7-10(15)12(18-2)11(8)13(16)17/h6-7,15H,3-5H2,1-2H3. The zero-order valence-electron chi connectivity index (χ0n) is 10.3. The number of phenolic OH excluding ortho intramolecular Hbond substituents is 1. The van der Waals surface area contributed by atoms with Crippen LogP contribution in [0, 0.1) is 10.1 Å². The number of aromatic hydroxyl groups is 1. The van der Waals surface area contributed by atoms with E-state index in [9.17, 15) is 20.0 Å². The highest BCUT2D eigenvalue weighted by atomic mass is 16.6. The molecule has 1 N–H and O–H groups in total. The molecule has 6 nitrogen and oxygen atoms in total. The molecule has 0 amide bonds. The molecule has 0 bridgehead atoms. The summed E-state index contributed by atoms with van der Waals surface area (Å²) in [5.74, 6) is -0.944. The number of methoxy groups -OCH3 is 1. The quantitative estimate of drug-likeness (QED) is 0.478. The van der Waals surface area contributed by atoms with E-state index < -0.39 is 10.6 Å². The van der Waals surface area contributed by atoms with Crippen molar-refractivity contribution in [1.82, 2.24) is 0 Å². The largest absolute Gasteiger partial charge is 0.504 e. The Kier molecular flexibility index (Phi) is 4.65. The molecule has 0 aliphatic heterocycles. The first-order chi connectivity index (χ1) is 8.52. The van der Waals surface area contributed by atoms with Crippen LogP contribution in [-0.2, 0) is 0 Å². The number of carbonyl (C=O) groups is 1. The van der Waals surface area contributed by atoms with Crippen molar-refractivity contribution < 1.29 is 19.6 Å². The maximum atomic E-state index is 11.9. The first-order valence-electron chi connectivity index (χ1n) is 5.60. The van der Waals surface area contributed by atoms with Gasteiger partial charge in [-0.25, -0.2) is 0 Å². The van der Waals surface area contributed by atoms with E-state index in [2.05, 4.69) is 0 Å². The molecule has 18 heavy (non-hydrogen) atoms. The second kappa shape index (κ2) is 6.00. The van der Waals surface area contributed by atoms with Crippen LogP contribution in [0.15, 0.2) is 12.1 Å². The second-order valence-corrected chi connectivity index (χ2v) is 3.80. The van der Waals surface area contributed by atoms with E-state index >= 15 is 0 Å². The maximum absolute atomic E-state index is 11.9. The minimum atomic E-state index is -0.711. The number of unbranched alkanes of at least 4 members (excludes halogenated alkanes) is 1. The van der Waals surface area contributed by atoms with Crippen LogP contribution >= 0.6 is 0 Å². The van der Waals surface area contributed by atoms with E-state index in [0.717, 1.165) is 6.42 Å². The van der Waals surface area contributed by atoms with Crippen molar-refractivity contribution in [1.29, 1.82) is 0 Å². The molecule has 0 heterocycles. The van der Waals surface area contributed by atoms with Crippen LogP contribution < -0.4 is 4.74 Å². The lowest BCUT2D eigenvalue weighted by Gasteiger charge is -2.07. The van der Waals surface area contributed by atoms with Gasteiger partial charge in [0.25, 0.3) is 0 Å². The molecule has 1 aromatic rings. The van der Waals surface area contributed by atoms with Crippen LogP contribution in [0.4, 0.5) is 5.69 Å². The number of ether oxygens (including phenoxy) is 1. The lowest BCUT2D eigenvalue weighted by Crippen LogP contribution is -2.05. The number of benzene rings is 1. The molecule has 1 aromatic carbocycles. The van der Waals surface area contributed by atoms with Gasteiger partial charge in [0, 0.05) is 6.42 Å². The molecule has 0 fully saturated rings. The van der Waals surface area contributed by atoms with E-state index in [4.69, 9.17) is 4.74 Å². The molecule has 0 aliphatic rings. The molecule has 0 aromatic heterocycles. The third kappa shape index (κ3) is 2.77. The summed E-state index contributed by atoms with van der Waals surface area (Å²) in [5.41, 5.74) is -0.498. The molecule has 1 rings (SSSR count). The molecule has 0 aliphatic carbocycles. The SMILES string of the molecule is CCCCC(=O)c1ccc(O)c(OC)c1[N+](=O)[O-]. The monoisotopic (exact) mass is 253 g/mol. The number of nitro groups is 1. The van der Waals surface area contributed by atoms with E-state index in [-0.39, 0.29) is 29.3 Å². The molecule has 0 saturated heterocycles. The lowest BCUT2D eigenvalue weighted by atomic mass is 10.0. The van der Waals surface area contributed by atoms with Crippen LogP contribution in [0.25, 0.3) is 0 Å².